The SMILES string of the molecule is CC(=O)N[C@H]1[C@H]([C@H](O)[C@H](O)CO)O[C@@](Oc2ccc([N+](=O)[O-])cc2)(C(=O)[O-])C[C@@H]1O.[Na+]. The summed E-state index contributed by atoms with van der Waals surface area (Å²) < 4.78 is 10.7. The van der Waals surface area contributed by atoms with Gasteiger partial charge in [-0.05, 0) is 12.1 Å². The molecule has 0 radical (unpaired) electrons. The number of ether oxygens (including phenoxy) is 2. The average molecular weight is 452 g/mol. The van der Waals surface area contributed by atoms with E-state index in [1.807, 2.05) is 0 Å². The molecule has 1 amide bonds. The Balaban J connectivity index is 0.00000480. The van der Waals surface area contributed by atoms with E-state index in [0.29, 0.717) is 0 Å². The van der Waals surface area contributed by atoms with Gasteiger partial charge in [0.2, 0.25) is 5.91 Å². The van der Waals surface area contributed by atoms with Crippen LogP contribution in [0.3, 0.4) is 0 Å². The standard InChI is InChI=1S/C17H22N2O11.Na/c1-8(21)18-13-11(22)6-17(16(25)26,30-15(13)14(24)12(23)7-20)29-10-4-2-9(3-5-10)19(27)28;/h2-5,11-15,20,22-24H,6-7H2,1H3,(H,18,21)(H,25,26);/q;+1/p-1/t11-,12+,13+,14+,15+,17+;/m0./s1. The fourth-order valence-corrected chi connectivity index (χ4v) is 3.05. The summed E-state index contributed by atoms with van der Waals surface area (Å²) in [6, 6.07) is 2.91. The van der Waals surface area contributed by atoms with E-state index in [9.17, 15) is 40.1 Å². The number of carbonyl (C=O) groups excluding carboxylic acids is 2. The first-order valence-electron chi connectivity index (χ1n) is 8.75. The predicted molar refractivity (Wildman–Crippen MR) is 93.7 cm³/mol. The number of nitro groups is 1. The van der Waals surface area contributed by atoms with Crippen LogP contribution in [0.25, 0.3) is 0 Å². The molecule has 1 aliphatic rings. The van der Waals surface area contributed by atoms with Crippen LogP contribution in [0.4, 0.5) is 5.69 Å². The summed E-state index contributed by atoms with van der Waals surface area (Å²) in [6.07, 6.45) is -7.84. The molecule has 14 heteroatoms. The van der Waals surface area contributed by atoms with Crippen molar-refractivity contribution < 1.29 is 79.1 Å². The van der Waals surface area contributed by atoms with Gasteiger partial charge in [-0.15, -0.1) is 0 Å². The van der Waals surface area contributed by atoms with E-state index >= 15 is 0 Å². The Labute approximate surface area is 198 Å². The van der Waals surface area contributed by atoms with E-state index in [1.54, 1.807) is 0 Å². The van der Waals surface area contributed by atoms with Crippen molar-refractivity contribution in [1.29, 1.82) is 0 Å². The van der Waals surface area contributed by atoms with E-state index < -0.39 is 66.1 Å². The third kappa shape index (κ3) is 6.33. The van der Waals surface area contributed by atoms with Crippen molar-refractivity contribution in [1.82, 2.24) is 5.32 Å². The van der Waals surface area contributed by atoms with Gasteiger partial charge in [-0.25, -0.2) is 0 Å². The second kappa shape index (κ2) is 11.2. The maximum atomic E-state index is 11.9. The summed E-state index contributed by atoms with van der Waals surface area (Å²) in [4.78, 5) is 33.4. The zero-order valence-electron chi connectivity index (χ0n) is 16.7. The number of hydrogen-bond donors (Lipinski definition) is 5. The van der Waals surface area contributed by atoms with E-state index in [4.69, 9.17) is 14.6 Å². The second-order valence-electron chi connectivity index (χ2n) is 6.71. The van der Waals surface area contributed by atoms with Gasteiger partial charge in [0.15, 0.2) is 0 Å². The van der Waals surface area contributed by atoms with E-state index in [0.717, 1.165) is 31.2 Å². The zero-order valence-corrected chi connectivity index (χ0v) is 18.7. The molecule has 0 saturated carbocycles. The summed E-state index contributed by atoms with van der Waals surface area (Å²) in [5.41, 5.74) is -0.292. The molecule has 0 spiro atoms. The molecule has 1 aliphatic heterocycles. The fourth-order valence-electron chi connectivity index (χ4n) is 3.05. The third-order valence-corrected chi connectivity index (χ3v) is 4.50. The molecule has 166 valence electrons. The molecule has 0 aromatic heterocycles. The molecule has 0 bridgehead atoms. The quantitative estimate of drug-likeness (QED) is 0.142. The van der Waals surface area contributed by atoms with Gasteiger partial charge in [-0.3, -0.25) is 14.9 Å². The molecule has 1 saturated heterocycles. The molecule has 6 atom stereocenters. The third-order valence-electron chi connectivity index (χ3n) is 4.50. The van der Waals surface area contributed by atoms with Gasteiger partial charge in [0, 0.05) is 25.5 Å². The molecule has 1 fully saturated rings. The normalized spacial score (nSPS) is 27.3. The number of amides is 1. The summed E-state index contributed by atoms with van der Waals surface area (Å²) in [5.74, 6) is -5.45. The molecule has 5 N–H and O–H groups in total. The van der Waals surface area contributed by atoms with Crippen LogP contribution >= 0.6 is 0 Å². The number of aliphatic hydroxyl groups is 4. The number of benzene rings is 1. The Morgan fingerprint density at radius 3 is 2.39 bits per heavy atom. The van der Waals surface area contributed by atoms with Gasteiger partial charge in [0.05, 0.1) is 23.7 Å². The summed E-state index contributed by atoms with van der Waals surface area (Å²) in [7, 11) is 0. The number of carboxylic acids is 1. The van der Waals surface area contributed by atoms with Crippen molar-refractivity contribution in [2.45, 2.75) is 49.6 Å². The van der Waals surface area contributed by atoms with Gasteiger partial charge in [-0.1, -0.05) is 0 Å². The fraction of sp³-hybridized carbons (Fsp3) is 0.529. The molecule has 13 nitrogen and oxygen atoms in total. The number of non-ortho nitro benzene ring substituents is 1. The van der Waals surface area contributed by atoms with Gasteiger partial charge in [0.1, 0.15) is 30.0 Å². The minimum Gasteiger partial charge on any atom is -0.543 e. The van der Waals surface area contributed by atoms with Crippen molar-refractivity contribution in [2.24, 2.45) is 0 Å². The van der Waals surface area contributed by atoms with E-state index in [2.05, 4.69) is 5.32 Å². The Bertz CT molecular complexity index is 793. The predicted octanol–water partition coefficient (Wildman–Crippen LogP) is -6.21. The molecule has 31 heavy (non-hydrogen) atoms. The number of nitrogens with one attached hydrogen (secondary N) is 1. The molecule has 1 heterocycles. The zero-order chi connectivity index (χ0) is 22.6. The van der Waals surface area contributed by atoms with Crippen LogP contribution in [-0.2, 0) is 14.3 Å². The minimum absolute atomic E-state index is 0. The van der Waals surface area contributed by atoms with Crippen molar-refractivity contribution in [3.63, 3.8) is 0 Å². The van der Waals surface area contributed by atoms with Gasteiger partial charge >= 0.3 is 29.6 Å². The van der Waals surface area contributed by atoms with Crippen LogP contribution in [-0.4, -0.2) is 80.1 Å². The van der Waals surface area contributed by atoms with Crippen LogP contribution in [0.1, 0.15) is 13.3 Å². The molecule has 1 aromatic rings. The van der Waals surface area contributed by atoms with Crippen molar-refractivity contribution >= 4 is 17.6 Å². The Hall–Kier alpha value is -1.84. The topological polar surface area (TPSA) is 212 Å². The second-order valence-corrected chi connectivity index (χ2v) is 6.71. The number of aliphatic carboxylic acids is 1. The Kier molecular flexibility index (Phi) is 9.78. The number of aliphatic hydroxyl groups excluding tert-OH is 4. The number of carbonyl (C=O) groups is 2. The number of rotatable bonds is 8. The maximum absolute atomic E-state index is 11.9. The molecular weight excluding hydrogens is 431 g/mol. The van der Waals surface area contributed by atoms with Crippen LogP contribution in [0.15, 0.2) is 24.3 Å². The molecule has 0 aliphatic carbocycles. The van der Waals surface area contributed by atoms with Crippen molar-refractivity contribution in [3.05, 3.63) is 34.4 Å². The Morgan fingerprint density at radius 1 is 1.35 bits per heavy atom. The molecular formula is C17H21N2NaO11. The van der Waals surface area contributed by atoms with Crippen LogP contribution in [0.5, 0.6) is 5.75 Å². The van der Waals surface area contributed by atoms with Crippen LogP contribution in [0.2, 0.25) is 0 Å². The first-order chi connectivity index (χ1) is 14.0. The summed E-state index contributed by atoms with van der Waals surface area (Å²) >= 11 is 0. The Morgan fingerprint density at radius 2 is 1.94 bits per heavy atom. The molecule has 2 rings (SSSR count). The van der Waals surface area contributed by atoms with Crippen LogP contribution in [0, 0.1) is 10.1 Å². The smallest absolute Gasteiger partial charge is 0.543 e. The van der Waals surface area contributed by atoms with Gasteiger partial charge in [-0.2, -0.15) is 0 Å². The first kappa shape index (κ1) is 27.2. The number of nitro benzene ring substituents is 1. The molecule has 1 aromatic carbocycles. The van der Waals surface area contributed by atoms with Gasteiger partial charge < -0.3 is 45.1 Å². The van der Waals surface area contributed by atoms with Crippen molar-refractivity contribution in [3.8, 4) is 5.75 Å². The van der Waals surface area contributed by atoms with Crippen molar-refractivity contribution in [2.75, 3.05) is 6.61 Å². The van der Waals surface area contributed by atoms with E-state index in [-0.39, 0.29) is 41.0 Å². The van der Waals surface area contributed by atoms with E-state index in [1.165, 1.54) is 0 Å². The number of nitrogens with zero attached hydrogens (tertiary/aromatic N) is 1. The number of hydrogen-bond acceptors (Lipinski definition) is 11. The largest absolute Gasteiger partial charge is 1.00 e. The average Bonchev–Trinajstić information content (AvgIpc) is 2.68. The summed E-state index contributed by atoms with van der Waals surface area (Å²) in [6.45, 7) is 0.179. The maximum Gasteiger partial charge on any atom is 1.00 e. The van der Waals surface area contributed by atoms with Gasteiger partial charge in [0.25, 0.3) is 11.5 Å². The van der Waals surface area contributed by atoms with Crippen LogP contribution < -0.4 is 44.7 Å². The summed E-state index contributed by atoms with van der Waals surface area (Å²) in [5, 5.41) is 64.5. The first-order valence-corrected chi connectivity index (χ1v) is 8.75. The monoisotopic (exact) mass is 452 g/mol. The minimum atomic E-state index is -2.68. The molecule has 0 unspecified atom stereocenters. The number of carboxylic acid groups (broad SMARTS) is 1.